The Morgan fingerprint density at radius 3 is 2.89 bits per heavy atom. The van der Waals surface area contributed by atoms with Gasteiger partial charge in [0, 0.05) is 30.0 Å². The van der Waals surface area contributed by atoms with E-state index in [1.807, 2.05) is 12.1 Å². The van der Waals surface area contributed by atoms with Gasteiger partial charge in [0.2, 0.25) is 0 Å². The van der Waals surface area contributed by atoms with Crippen LogP contribution in [0.5, 0.6) is 0 Å². The maximum absolute atomic E-state index is 12.2. The zero-order chi connectivity index (χ0) is 13.9. The molecule has 0 unspecified atom stereocenters. The highest BCUT2D eigenvalue weighted by Gasteiger charge is 2.19. The van der Waals surface area contributed by atoms with Gasteiger partial charge in [0.1, 0.15) is 9.84 Å². The molecule has 19 heavy (non-hydrogen) atoms. The molecule has 1 heterocycles. The fourth-order valence-corrected chi connectivity index (χ4v) is 3.08. The average molecular weight is 281 g/mol. The van der Waals surface area contributed by atoms with Crippen molar-refractivity contribution in [3.8, 4) is 0 Å². The topological polar surface area (TPSA) is 63.2 Å². The molecule has 0 saturated carbocycles. The van der Waals surface area contributed by atoms with E-state index >= 15 is 0 Å². The predicted molar refractivity (Wildman–Crippen MR) is 76.5 cm³/mol. The lowest BCUT2D eigenvalue weighted by Crippen LogP contribution is -2.17. The number of ketones is 1. The molecule has 1 N–H and O–H groups in total. The van der Waals surface area contributed by atoms with Crippen LogP contribution in [0.3, 0.4) is 0 Å². The number of hydrogen-bond acceptors (Lipinski definition) is 4. The van der Waals surface area contributed by atoms with Crippen LogP contribution in [0.2, 0.25) is 0 Å². The normalized spacial score (nSPS) is 14.6. The van der Waals surface area contributed by atoms with Crippen molar-refractivity contribution < 1.29 is 13.2 Å². The van der Waals surface area contributed by atoms with E-state index in [4.69, 9.17) is 0 Å². The summed E-state index contributed by atoms with van der Waals surface area (Å²) in [6, 6.07) is 5.61. The third-order valence-electron chi connectivity index (χ3n) is 3.48. The summed E-state index contributed by atoms with van der Waals surface area (Å²) in [5, 5.41) is 3.27. The number of sulfone groups is 1. The fourth-order valence-electron chi connectivity index (χ4n) is 2.30. The average Bonchev–Trinajstić information content (AvgIpc) is 2.44. The van der Waals surface area contributed by atoms with Crippen LogP contribution in [0.4, 0.5) is 5.69 Å². The van der Waals surface area contributed by atoms with Crippen molar-refractivity contribution in [3.05, 3.63) is 29.3 Å². The summed E-state index contributed by atoms with van der Waals surface area (Å²) in [6.07, 6.45) is 1.96. The molecule has 0 aliphatic carbocycles. The maximum atomic E-state index is 12.2. The molecule has 0 atom stereocenters. The van der Waals surface area contributed by atoms with Gasteiger partial charge < -0.3 is 5.32 Å². The summed E-state index contributed by atoms with van der Waals surface area (Å²) in [6.45, 7) is 2.53. The van der Waals surface area contributed by atoms with Crippen LogP contribution in [0.25, 0.3) is 0 Å². The largest absolute Gasteiger partial charge is 0.385 e. The van der Waals surface area contributed by atoms with Gasteiger partial charge in [-0.15, -0.1) is 0 Å². The molecule has 0 saturated heterocycles. The Balaban J connectivity index is 2.16. The Morgan fingerprint density at radius 2 is 2.16 bits per heavy atom. The van der Waals surface area contributed by atoms with Crippen molar-refractivity contribution in [3.63, 3.8) is 0 Å². The molecule has 1 aliphatic heterocycles. The minimum atomic E-state index is -3.08. The summed E-state index contributed by atoms with van der Waals surface area (Å²) >= 11 is 0. The number of Topliss-reactive ketones (excluding diaryl/α,β-unsaturated/α-hetero) is 1. The predicted octanol–water partition coefficient (Wildman–Crippen LogP) is 2.05. The summed E-state index contributed by atoms with van der Waals surface area (Å²) in [5.41, 5.74) is 2.72. The minimum Gasteiger partial charge on any atom is -0.385 e. The highest BCUT2D eigenvalue weighted by molar-refractivity contribution is 7.91. The minimum absolute atomic E-state index is 0.0561. The number of nitrogens with one attached hydrogen (secondary N) is 1. The lowest BCUT2D eigenvalue weighted by molar-refractivity contribution is 0.0988. The molecule has 104 valence electrons. The first-order chi connectivity index (χ1) is 9.03. The van der Waals surface area contributed by atoms with Crippen molar-refractivity contribution in [1.29, 1.82) is 0 Å². The summed E-state index contributed by atoms with van der Waals surface area (Å²) in [4.78, 5) is 12.2. The van der Waals surface area contributed by atoms with Gasteiger partial charge in [-0.25, -0.2) is 8.42 Å². The van der Waals surface area contributed by atoms with E-state index in [1.165, 1.54) is 0 Å². The van der Waals surface area contributed by atoms with Crippen LogP contribution in [0, 0.1) is 0 Å². The van der Waals surface area contributed by atoms with Crippen molar-refractivity contribution in [1.82, 2.24) is 0 Å². The quantitative estimate of drug-likeness (QED) is 0.839. The molecular weight excluding hydrogens is 262 g/mol. The summed E-state index contributed by atoms with van der Waals surface area (Å²) < 4.78 is 22.9. The van der Waals surface area contributed by atoms with Crippen LogP contribution in [0.1, 0.15) is 35.7 Å². The second-order valence-corrected chi connectivity index (χ2v) is 7.24. The summed E-state index contributed by atoms with van der Waals surface area (Å²) in [5.74, 6) is -0.0358. The third kappa shape index (κ3) is 3.35. The Morgan fingerprint density at radius 1 is 1.37 bits per heavy atom. The number of rotatable bonds is 5. The highest BCUT2D eigenvalue weighted by Crippen LogP contribution is 2.26. The first-order valence-electron chi connectivity index (χ1n) is 6.63. The van der Waals surface area contributed by atoms with E-state index < -0.39 is 9.84 Å². The van der Waals surface area contributed by atoms with E-state index in [0.717, 1.165) is 30.6 Å². The molecule has 0 fully saturated rings. The van der Waals surface area contributed by atoms with Crippen LogP contribution >= 0.6 is 0 Å². The van der Waals surface area contributed by atoms with E-state index in [1.54, 1.807) is 13.0 Å². The van der Waals surface area contributed by atoms with Gasteiger partial charge in [0.15, 0.2) is 5.78 Å². The van der Waals surface area contributed by atoms with Crippen LogP contribution in [0.15, 0.2) is 18.2 Å². The zero-order valence-electron chi connectivity index (χ0n) is 11.1. The Kier molecular flexibility index (Phi) is 4.24. The van der Waals surface area contributed by atoms with Gasteiger partial charge in [0.25, 0.3) is 0 Å². The molecule has 0 amide bonds. The number of anilines is 1. The number of carbonyl (C=O) groups excluding carboxylic acids is 1. The highest BCUT2D eigenvalue weighted by atomic mass is 32.2. The van der Waals surface area contributed by atoms with Gasteiger partial charge in [0.05, 0.1) is 5.75 Å². The number of carbonyl (C=O) groups is 1. The Labute approximate surface area is 114 Å². The lowest BCUT2D eigenvalue weighted by Gasteiger charge is -2.20. The van der Waals surface area contributed by atoms with Crippen LogP contribution < -0.4 is 5.32 Å². The molecule has 2 rings (SSSR count). The van der Waals surface area contributed by atoms with E-state index in [9.17, 15) is 13.2 Å². The molecule has 0 spiro atoms. The SMILES string of the molecule is CCS(=O)(=O)CCC(=O)c1cccc2c1CCCN2. The molecule has 4 nitrogen and oxygen atoms in total. The molecule has 1 aromatic carbocycles. The first kappa shape index (κ1) is 14.1. The lowest BCUT2D eigenvalue weighted by atomic mass is 9.94. The van der Waals surface area contributed by atoms with Crippen molar-refractivity contribution in [2.45, 2.75) is 26.2 Å². The maximum Gasteiger partial charge on any atom is 0.164 e. The number of hydrogen-bond donors (Lipinski definition) is 1. The molecule has 5 heteroatoms. The van der Waals surface area contributed by atoms with Gasteiger partial charge in [-0.1, -0.05) is 19.1 Å². The number of fused-ring (bicyclic) bond motifs is 1. The first-order valence-corrected chi connectivity index (χ1v) is 8.45. The molecule has 0 aromatic heterocycles. The zero-order valence-corrected chi connectivity index (χ0v) is 11.9. The molecule has 1 aliphatic rings. The Bertz CT molecular complexity index is 578. The second-order valence-electron chi connectivity index (χ2n) is 4.77. The van der Waals surface area contributed by atoms with Crippen LogP contribution in [-0.4, -0.2) is 32.3 Å². The standard InChI is InChI=1S/C14H19NO3S/c1-2-19(17,18)10-8-14(16)12-5-3-7-13-11(12)6-4-9-15-13/h3,5,7,15H,2,4,6,8-10H2,1H3. The molecule has 1 aromatic rings. The van der Waals surface area contributed by atoms with Gasteiger partial charge in [-0.3, -0.25) is 4.79 Å². The van der Waals surface area contributed by atoms with Crippen molar-refractivity contribution in [2.24, 2.45) is 0 Å². The fraction of sp³-hybridized carbons (Fsp3) is 0.500. The van der Waals surface area contributed by atoms with E-state index in [0.29, 0.717) is 5.56 Å². The van der Waals surface area contributed by atoms with E-state index in [2.05, 4.69) is 5.32 Å². The molecular formula is C14H19NO3S. The Hall–Kier alpha value is -1.36. The van der Waals surface area contributed by atoms with E-state index in [-0.39, 0.29) is 23.7 Å². The van der Waals surface area contributed by atoms with Crippen molar-refractivity contribution >= 4 is 21.3 Å². The van der Waals surface area contributed by atoms with Crippen LogP contribution in [-0.2, 0) is 16.3 Å². The summed E-state index contributed by atoms with van der Waals surface area (Å²) in [7, 11) is -3.08. The van der Waals surface area contributed by atoms with Gasteiger partial charge >= 0.3 is 0 Å². The monoisotopic (exact) mass is 281 g/mol. The molecule has 0 radical (unpaired) electrons. The molecule has 0 bridgehead atoms. The third-order valence-corrected chi connectivity index (χ3v) is 5.18. The van der Waals surface area contributed by atoms with Gasteiger partial charge in [-0.05, 0) is 24.5 Å². The smallest absolute Gasteiger partial charge is 0.164 e. The van der Waals surface area contributed by atoms with Crippen molar-refractivity contribution in [2.75, 3.05) is 23.4 Å². The number of benzene rings is 1. The second kappa shape index (κ2) is 5.74. The van der Waals surface area contributed by atoms with Gasteiger partial charge in [-0.2, -0.15) is 0 Å².